The van der Waals surface area contributed by atoms with Crippen LogP contribution in [0.15, 0.2) is 6.07 Å². The molecule has 0 unspecified atom stereocenters. The molecule has 0 aromatic carbocycles. The van der Waals surface area contributed by atoms with Crippen molar-refractivity contribution in [1.82, 2.24) is 9.88 Å². The molecule has 2 heterocycles. The molecule has 1 aliphatic rings. The number of hydrogen-bond donors (Lipinski definition) is 1. The van der Waals surface area contributed by atoms with Crippen LogP contribution in [0.25, 0.3) is 0 Å². The molecule has 0 aliphatic carbocycles. The Morgan fingerprint density at radius 3 is 2.50 bits per heavy atom. The molecule has 1 amide bonds. The van der Waals surface area contributed by atoms with Crippen molar-refractivity contribution < 1.29 is 9.53 Å². The molecule has 0 saturated carbocycles. The number of carbonyl (C=O) groups is 1. The standard InChI is InChI=1S/C14H16N6O2/c1-2-22-14(21)20-5-3-19(4-6-20)13-11(9-16)7-10(8-15)12(17)18-13/h7H,2-6H2,1H3,(H2,17,18). The predicted octanol–water partition coefficient (Wildman–Crippen LogP) is 0.686. The molecule has 8 nitrogen and oxygen atoms in total. The van der Waals surface area contributed by atoms with E-state index >= 15 is 0 Å². The Morgan fingerprint density at radius 1 is 1.32 bits per heavy atom. The minimum Gasteiger partial charge on any atom is -0.450 e. The van der Waals surface area contributed by atoms with Crippen molar-refractivity contribution in [2.24, 2.45) is 0 Å². The van der Waals surface area contributed by atoms with Gasteiger partial charge < -0.3 is 20.3 Å². The van der Waals surface area contributed by atoms with E-state index in [2.05, 4.69) is 4.98 Å². The third kappa shape index (κ3) is 3.01. The van der Waals surface area contributed by atoms with Gasteiger partial charge in [0.2, 0.25) is 0 Å². The molecule has 1 saturated heterocycles. The molecular formula is C14H16N6O2. The van der Waals surface area contributed by atoms with Crippen molar-refractivity contribution in [2.45, 2.75) is 6.92 Å². The zero-order valence-electron chi connectivity index (χ0n) is 12.2. The minimum absolute atomic E-state index is 0.101. The number of hydrogen-bond acceptors (Lipinski definition) is 7. The van der Waals surface area contributed by atoms with Gasteiger partial charge in [-0.3, -0.25) is 0 Å². The van der Waals surface area contributed by atoms with Gasteiger partial charge in [0.05, 0.1) is 17.7 Å². The first kappa shape index (κ1) is 15.4. The van der Waals surface area contributed by atoms with Gasteiger partial charge >= 0.3 is 6.09 Å². The quantitative estimate of drug-likeness (QED) is 0.853. The molecule has 1 aromatic heterocycles. The number of pyridine rings is 1. The average Bonchev–Trinajstić information content (AvgIpc) is 2.55. The van der Waals surface area contributed by atoms with Crippen LogP contribution in [-0.2, 0) is 4.74 Å². The van der Waals surface area contributed by atoms with Gasteiger partial charge in [0.1, 0.15) is 23.8 Å². The number of ether oxygens (including phenoxy) is 1. The highest BCUT2D eigenvalue weighted by Gasteiger charge is 2.24. The van der Waals surface area contributed by atoms with Gasteiger partial charge in [-0.05, 0) is 13.0 Å². The fourth-order valence-corrected chi connectivity index (χ4v) is 2.25. The molecule has 1 aromatic rings. The number of nitriles is 2. The van der Waals surface area contributed by atoms with Crippen LogP contribution in [0.5, 0.6) is 0 Å². The maximum Gasteiger partial charge on any atom is 0.409 e. The molecular weight excluding hydrogens is 284 g/mol. The Labute approximate surface area is 128 Å². The maximum atomic E-state index is 11.7. The summed E-state index contributed by atoms with van der Waals surface area (Å²) in [5.41, 5.74) is 6.21. The molecule has 2 N–H and O–H groups in total. The first-order valence-corrected chi connectivity index (χ1v) is 6.88. The highest BCUT2D eigenvalue weighted by atomic mass is 16.6. The van der Waals surface area contributed by atoms with Gasteiger partial charge in [-0.1, -0.05) is 0 Å². The van der Waals surface area contributed by atoms with Crippen LogP contribution in [0.2, 0.25) is 0 Å². The topological polar surface area (TPSA) is 119 Å². The number of amides is 1. The summed E-state index contributed by atoms with van der Waals surface area (Å²) in [6.45, 7) is 4.09. The Kier molecular flexibility index (Phi) is 4.64. The lowest BCUT2D eigenvalue weighted by Gasteiger charge is -2.35. The third-order valence-corrected chi connectivity index (χ3v) is 3.38. The van der Waals surface area contributed by atoms with Crippen LogP contribution in [0.4, 0.5) is 16.4 Å². The lowest BCUT2D eigenvalue weighted by Crippen LogP contribution is -2.49. The fraction of sp³-hybridized carbons (Fsp3) is 0.429. The Balaban J connectivity index is 2.15. The number of nitrogens with zero attached hydrogens (tertiary/aromatic N) is 5. The predicted molar refractivity (Wildman–Crippen MR) is 78.9 cm³/mol. The van der Waals surface area contributed by atoms with Crippen LogP contribution < -0.4 is 10.6 Å². The van der Waals surface area contributed by atoms with Crippen molar-refractivity contribution in [1.29, 1.82) is 10.5 Å². The zero-order valence-corrected chi connectivity index (χ0v) is 12.2. The van der Waals surface area contributed by atoms with Gasteiger partial charge in [-0.25, -0.2) is 9.78 Å². The van der Waals surface area contributed by atoms with E-state index in [4.69, 9.17) is 15.7 Å². The van der Waals surface area contributed by atoms with E-state index in [1.165, 1.54) is 6.07 Å². The van der Waals surface area contributed by atoms with E-state index in [9.17, 15) is 10.1 Å². The Hall–Kier alpha value is -3.00. The van der Waals surface area contributed by atoms with E-state index in [1.54, 1.807) is 11.8 Å². The number of aromatic nitrogens is 1. The molecule has 114 valence electrons. The van der Waals surface area contributed by atoms with Crippen molar-refractivity contribution in [2.75, 3.05) is 43.4 Å². The van der Waals surface area contributed by atoms with Crippen molar-refractivity contribution >= 4 is 17.7 Å². The van der Waals surface area contributed by atoms with Gasteiger partial charge in [0.25, 0.3) is 0 Å². The number of rotatable bonds is 2. The number of carbonyl (C=O) groups excluding carboxylic acids is 1. The third-order valence-electron chi connectivity index (χ3n) is 3.38. The molecule has 2 rings (SSSR count). The van der Waals surface area contributed by atoms with Crippen LogP contribution in [0.1, 0.15) is 18.1 Å². The van der Waals surface area contributed by atoms with Crippen molar-refractivity contribution in [3.8, 4) is 12.1 Å². The van der Waals surface area contributed by atoms with E-state index in [0.29, 0.717) is 44.2 Å². The maximum absolute atomic E-state index is 11.7. The van der Waals surface area contributed by atoms with Gasteiger partial charge in [0, 0.05) is 26.2 Å². The normalized spacial score (nSPS) is 14.1. The molecule has 0 spiro atoms. The van der Waals surface area contributed by atoms with Gasteiger partial charge in [0.15, 0.2) is 0 Å². The second-order valence-corrected chi connectivity index (χ2v) is 4.69. The summed E-state index contributed by atoms with van der Waals surface area (Å²) in [6.07, 6.45) is -0.338. The molecule has 22 heavy (non-hydrogen) atoms. The van der Waals surface area contributed by atoms with Crippen LogP contribution in [0.3, 0.4) is 0 Å². The molecule has 0 radical (unpaired) electrons. The molecule has 1 aliphatic heterocycles. The number of nitrogens with two attached hydrogens (primary N) is 1. The molecule has 0 bridgehead atoms. The molecule has 0 atom stereocenters. The monoisotopic (exact) mass is 300 g/mol. The molecule has 8 heteroatoms. The number of nitrogen functional groups attached to an aromatic ring is 1. The first-order valence-electron chi connectivity index (χ1n) is 6.88. The zero-order chi connectivity index (χ0) is 16.1. The fourth-order valence-electron chi connectivity index (χ4n) is 2.25. The number of anilines is 2. The SMILES string of the molecule is CCOC(=O)N1CCN(c2nc(N)c(C#N)cc2C#N)CC1. The summed E-state index contributed by atoms with van der Waals surface area (Å²) < 4.78 is 4.96. The van der Waals surface area contributed by atoms with Gasteiger partial charge in [-0.2, -0.15) is 10.5 Å². The molecule has 1 fully saturated rings. The van der Waals surface area contributed by atoms with E-state index in [-0.39, 0.29) is 17.5 Å². The Bertz CT molecular complexity index is 653. The summed E-state index contributed by atoms with van der Waals surface area (Å²) in [7, 11) is 0. The summed E-state index contributed by atoms with van der Waals surface area (Å²) in [4.78, 5) is 19.3. The van der Waals surface area contributed by atoms with Crippen LogP contribution in [-0.4, -0.2) is 48.8 Å². The van der Waals surface area contributed by atoms with Crippen molar-refractivity contribution in [3.63, 3.8) is 0 Å². The smallest absolute Gasteiger partial charge is 0.409 e. The second-order valence-electron chi connectivity index (χ2n) is 4.69. The summed E-state index contributed by atoms with van der Waals surface area (Å²) >= 11 is 0. The highest BCUT2D eigenvalue weighted by Crippen LogP contribution is 2.23. The van der Waals surface area contributed by atoms with Crippen molar-refractivity contribution in [3.05, 3.63) is 17.2 Å². The first-order chi connectivity index (χ1) is 10.6. The van der Waals surface area contributed by atoms with Crippen LogP contribution >= 0.6 is 0 Å². The largest absolute Gasteiger partial charge is 0.450 e. The average molecular weight is 300 g/mol. The van der Waals surface area contributed by atoms with E-state index in [1.807, 2.05) is 17.0 Å². The van der Waals surface area contributed by atoms with E-state index < -0.39 is 0 Å². The highest BCUT2D eigenvalue weighted by molar-refractivity contribution is 5.68. The minimum atomic E-state index is -0.338. The van der Waals surface area contributed by atoms with Gasteiger partial charge in [-0.15, -0.1) is 0 Å². The Morgan fingerprint density at radius 2 is 1.95 bits per heavy atom. The summed E-state index contributed by atoms with van der Waals surface area (Å²) in [5.74, 6) is 0.548. The lowest BCUT2D eigenvalue weighted by atomic mass is 10.1. The van der Waals surface area contributed by atoms with Crippen LogP contribution in [0, 0.1) is 22.7 Å². The lowest BCUT2D eigenvalue weighted by molar-refractivity contribution is 0.105. The summed E-state index contributed by atoms with van der Waals surface area (Å²) in [5, 5.41) is 18.2. The number of piperazine rings is 1. The summed E-state index contributed by atoms with van der Waals surface area (Å²) in [6, 6.07) is 5.38. The second kappa shape index (κ2) is 6.64. The van der Waals surface area contributed by atoms with E-state index in [0.717, 1.165) is 0 Å².